The molecule has 2 atom stereocenters. The molecule has 0 aliphatic heterocycles. The van der Waals surface area contributed by atoms with Gasteiger partial charge in [0.15, 0.2) is 8.32 Å². The number of alkyl carbamates (subject to hydrolysis) is 1. The Labute approximate surface area is 191 Å². The van der Waals surface area contributed by atoms with Crippen LogP contribution in [0.1, 0.15) is 65.5 Å². The number of ether oxygens (including phenoxy) is 1. The average Bonchev–Trinajstić information content (AvgIpc) is 2.60. The highest BCUT2D eigenvalue weighted by molar-refractivity contribution is 6.74. The summed E-state index contributed by atoms with van der Waals surface area (Å²) >= 11 is 0. The molecular weight excluding hydrogens is 435 g/mol. The van der Waals surface area contributed by atoms with E-state index < -0.39 is 37.8 Å². The van der Waals surface area contributed by atoms with Crippen LogP contribution >= 0.6 is 0 Å². The van der Waals surface area contributed by atoms with Crippen LogP contribution in [0.3, 0.4) is 0 Å². The molecule has 0 unspecified atom stereocenters. The summed E-state index contributed by atoms with van der Waals surface area (Å²) in [6.45, 7) is 17.9. The minimum absolute atomic E-state index is 0.0338. The topological polar surface area (TPSA) is 47.6 Å². The van der Waals surface area contributed by atoms with Gasteiger partial charge in [0.05, 0.1) is 18.2 Å². The number of hydrogen-bond donors (Lipinski definition) is 1. The molecule has 1 amide bonds. The van der Waals surface area contributed by atoms with E-state index in [1.54, 1.807) is 20.8 Å². The molecule has 1 aromatic carbocycles. The molecule has 0 aromatic heterocycles. The van der Waals surface area contributed by atoms with Crippen molar-refractivity contribution in [1.29, 1.82) is 0 Å². The van der Waals surface area contributed by atoms with Gasteiger partial charge >= 0.3 is 12.3 Å². The summed E-state index contributed by atoms with van der Waals surface area (Å²) in [7, 11) is -2.13. The van der Waals surface area contributed by atoms with Crippen molar-refractivity contribution in [2.45, 2.75) is 90.3 Å². The van der Waals surface area contributed by atoms with E-state index in [0.717, 1.165) is 12.1 Å². The molecule has 1 aromatic rings. The molecule has 0 radical (unpaired) electrons. The second-order valence-electron chi connectivity index (χ2n) is 10.5. The van der Waals surface area contributed by atoms with E-state index in [1.807, 2.05) is 19.1 Å². The van der Waals surface area contributed by atoms with Crippen molar-refractivity contribution in [2.75, 3.05) is 6.61 Å². The molecule has 0 aliphatic carbocycles. The number of carbonyl (C=O) groups excluding carboxylic acids is 1. The Morgan fingerprint density at radius 3 is 2.00 bits per heavy atom. The molecule has 0 spiro atoms. The van der Waals surface area contributed by atoms with Gasteiger partial charge in [0.25, 0.3) is 0 Å². The van der Waals surface area contributed by atoms with Gasteiger partial charge in [0, 0.05) is 5.92 Å². The average molecular weight is 474 g/mol. The summed E-state index contributed by atoms with van der Waals surface area (Å²) in [5.41, 5.74) is -0.745. The summed E-state index contributed by atoms with van der Waals surface area (Å²) in [6, 6.07) is 4.50. The summed E-state index contributed by atoms with van der Waals surface area (Å²) < 4.78 is 50.8. The largest absolute Gasteiger partial charge is 0.444 e. The number of nitrogens with one attached hydrogen (secondary N) is 1. The predicted molar refractivity (Wildman–Crippen MR) is 125 cm³/mol. The molecule has 0 aliphatic rings. The number of rotatable bonds is 7. The van der Waals surface area contributed by atoms with Gasteiger partial charge in [0.1, 0.15) is 5.60 Å². The SMILES string of the molecule is CC=C[C@H](c1ccc(C(F)(F)F)cc1)[C@H](CO[Si](C)(C)C(C)(C)C)NC(=O)OC(C)(C)C. The van der Waals surface area contributed by atoms with Crippen molar-refractivity contribution in [3.8, 4) is 0 Å². The normalized spacial score (nSPS) is 15.5. The first-order valence-electron chi connectivity index (χ1n) is 10.8. The van der Waals surface area contributed by atoms with Crippen LogP contribution in [0.25, 0.3) is 0 Å². The zero-order valence-corrected chi connectivity index (χ0v) is 21.7. The maximum atomic E-state index is 13.0. The molecule has 4 nitrogen and oxygen atoms in total. The molecule has 0 fully saturated rings. The fourth-order valence-corrected chi connectivity index (χ4v) is 3.82. The molecule has 0 heterocycles. The van der Waals surface area contributed by atoms with E-state index in [9.17, 15) is 18.0 Å². The van der Waals surface area contributed by atoms with Gasteiger partial charge in [-0.1, -0.05) is 45.1 Å². The Morgan fingerprint density at radius 2 is 1.59 bits per heavy atom. The Bertz CT molecular complexity index is 776. The third-order valence-electron chi connectivity index (χ3n) is 5.59. The van der Waals surface area contributed by atoms with Crippen molar-refractivity contribution in [2.24, 2.45) is 0 Å². The molecule has 0 saturated carbocycles. The molecular formula is C24H38F3NO3Si. The van der Waals surface area contributed by atoms with E-state index in [0.29, 0.717) is 5.56 Å². The second-order valence-corrected chi connectivity index (χ2v) is 15.3. The van der Waals surface area contributed by atoms with Gasteiger partial charge in [-0.3, -0.25) is 0 Å². The number of allylic oxidation sites excluding steroid dienone is 1. The lowest BCUT2D eigenvalue weighted by molar-refractivity contribution is -0.137. The van der Waals surface area contributed by atoms with Gasteiger partial charge in [-0.05, 0) is 63.5 Å². The summed E-state index contributed by atoms with van der Waals surface area (Å²) in [5.74, 6) is -0.389. The monoisotopic (exact) mass is 473 g/mol. The highest BCUT2D eigenvalue weighted by atomic mass is 28.4. The van der Waals surface area contributed by atoms with Gasteiger partial charge in [-0.25, -0.2) is 4.79 Å². The van der Waals surface area contributed by atoms with Gasteiger partial charge in [-0.2, -0.15) is 13.2 Å². The van der Waals surface area contributed by atoms with Gasteiger partial charge < -0.3 is 14.5 Å². The molecule has 1 N–H and O–H groups in total. The lowest BCUT2D eigenvalue weighted by atomic mass is 9.90. The van der Waals surface area contributed by atoms with Crippen molar-refractivity contribution < 1.29 is 27.1 Å². The zero-order valence-electron chi connectivity index (χ0n) is 20.7. The third-order valence-corrected chi connectivity index (χ3v) is 10.1. The number of carbonyl (C=O) groups is 1. The van der Waals surface area contributed by atoms with E-state index in [1.165, 1.54) is 12.1 Å². The maximum absolute atomic E-state index is 13.0. The first-order chi connectivity index (χ1) is 14.4. The van der Waals surface area contributed by atoms with Crippen LogP contribution in [0, 0.1) is 0 Å². The Kier molecular flexibility index (Phi) is 9.19. The van der Waals surface area contributed by atoms with E-state index in [4.69, 9.17) is 9.16 Å². The molecule has 1 rings (SSSR count). The van der Waals surface area contributed by atoms with Crippen LogP contribution in [-0.4, -0.2) is 32.7 Å². The smallest absolute Gasteiger partial charge is 0.416 e. The number of amides is 1. The summed E-state index contributed by atoms with van der Waals surface area (Å²) in [4.78, 5) is 12.6. The van der Waals surface area contributed by atoms with Crippen LogP contribution in [-0.2, 0) is 15.3 Å². The lowest BCUT2D eigenvalue weighted by Gasteiger charge is -2.38. The Morgan fingerprint density at radius 1 is 1.06 bits per heavy atom. The molecule has 0 bridgehead atoms. The number of benzene rings is 1. The third kappa shape index (κ3) is 8.62. The summed E-state index contributed by atoms with van der Waals surface area (Å²) in [5, 5.41) is 2.85. The van der Waals surface area contributed by atoms with E-state index in [2.05, 4.69) is 39.2 Å². The fraction of sp³-hybridized carbons (Fsp3) is 0.625. The standard InChI is InChI=1S/C24H38F3NO3Si/c1-10-11-19(17-12-14-18(15-13-17)24(25,26)27)20(28-21(29)31-22(2,3)4)16-30-32(8,9)23(5,6)7/h10-15,19-20H,16H2,1-9H3,(H,28,29)/t19-,20+/m1/s1. The second kappa shape index (κ2) is 10.4. The first-order valence-corrected chi connectivity index (χ1v) is 13.7. The maximum Gasteiger partial charge on any atom is 0.416 e. The van der Waals surface area contributed by atoms with E-state index >= 15 is 0 Å². The molecule has 0 saturated heterocycles. The number of halogens is 3. The van der Waals surface area contributed by atoms with Crippen molar-refractivity contribution >= 4 is 14.4 Å². The fourth-order valence-electron chi connectivity index (χ4n) is 2.79. The molecule has 32 heavy (non-hydrogen) atoms. The van der Waals surface area contributed by atoms with Crippen molar-refractivity contribution in [3.63, 3.8) is 0 Å². The predicted octanol–water partition coefficient (Wildman–Crippen LogP) is 7.28. The highest BCUT2D eigenvalue weighted by Gasteiger charge is 2.39. The molecule has 8 heteroatoms. The molecule has 182 valence electrons. The van der Waals surface area contributed by atoms with Crippen molar-refractivity contribution in [3.05, 3.63) is 47.5 Å². The Hall–Kier alpha value is -1.80. The van der Waals surface area contributed by atoms with Crippen LogP contribution in [0.2, 0.25) is 18.1 Å². The highest BCUT2D eigenvalue weighted by Crippen LogP contribution is 2.37. The van der Waals surface area contributed by atoms with Crippen LogP contribution in [0.5, 0.6) is 0 Å². The Balaban J connectivity index is 3.28. The van der Waals surface area contributed by atoms with Crippen LogP contribution < -0.4 is 5.32 Å². The summed E-state index contributed by atoms with van der Waals surface area (Å²) in [6.07, 6.45) is -1.32. The number of hydrogen-bond acceptors (Lipinski definition) is 3. The van der Waals surface area contributed by atoms with Crippen molar-refractivity contribution in [1.82, 2.24) is 5.32 Å². The van der Waals surface area contributed by atoms with Crippen LogP contribution in [0.4, 0.5) is 18.0 Å². The minimum atomic E-state index is -4.41. The van der Waals surface area contributed by atoms with Gasteiger partial charge in [-0.15, -0.1) is 0 Å². The van der Waals surface area contributed by atoms with Crippen LogP contribution in [0.15, 0.2) is 36.4 Å². The first kappa shape index (κ1) is 28.2. The van der Waals surface area contributed by atoms with Gasteiger partial charge in [0.2, 0.25) is 0 Å². The number of alkyl halides is 3. The quantitative estimate of drug-likeness (QED) is 0.334. The zero-order chi connectivity index (χ0) is 25.0. The van der Waals surface area contributed by atoms with E-state index in [-0.39, 0.29) is 17.6 Å². The lowest BCUT2D eigenvalue weighted by Crippen LogP contribution is -2.49. The minimum Gasteiger partial charge on any atom is -0.444 e.